The fraction of sp³-hybridized carbons (Fsp3) is 0.389. The first-order chi connectivity index (χ1) is 24.9. The van der Waals surface area contributed by atoms with Crippen LogP contribution in [-0.4, -0.2) is 122 Å². The molecule has 2 heterocycles. The van der Waals surface area contributed by atoms with Crippen LogP contribution in [0.4, 0.5) is 21.0 Å². The largest absolute Gasteiger partial charge is 0.493 e. The van der Waals surface area contributed by atoms with Gasteiger partial charge >= 0.3 is 12.2 Å². The maximum atomic E-state index is 13.7. The minimum Gasteiger partial charge on any atom is -0.493 e. The Morgan fingerprint density at radius 1 is 0.788 bits per heavy atom. The lowest BCUT2D eigenvalue weighted by molar-refractivity contribution is 0.0674. The van der Waals surface area contributed by atoms with Crippen molar-refractivity contribution in [1.29, 1.82) is 0 Å². The van der Waals surface area contributed by atoms with E-state index in [-0.39, 0.29) is 91.6 Å². The molecular weight excluding hydrogens is 680 g/mol. The molecule has 52 heavy (non-hydrogen) atoms. The van der Waals surface area contributed by atoms with Crippen LogP contribution < -0.4 is 29.6 Å². The summed E-state index contributed by atoms with van der Waals surface area (Å²) in [6.07, 6.45) is 0.329. The van der Waals surface area contributed by atoms with E-state index in [4.69, 9.17) is 23.7 Å². The van der Waals surface area contributed by atoms with Gasteiger partial charge < -0.3 is 48.8 Å². The summed E-state index contributed by atoms with van der Waals surface area (Å²) in [6, 6.07) is 4.62. The van der Waals surface area contributed by atoms with Gasteiger partial charge in [0.15, 0.2) is 23.0 Å². The van der Waals surface area contributed by atoms with Crippen LogP contribution in [0.25, 0.3) is 0 Å². The van der Waals surface area contributed by atoms with Crippen LogP contribution in [0.2, 0.25) is 0 Å². The standard InChI is InChI=1S/C36H44N4O12/c1-6-8-52-36(47)38-28-16-32(30(49-5)14-26(28)34(44)40-18-22(3)12-24(40)20-42)51-10-7-9-50-31-15-27(37-35(45)46)25(13-29(31)48-4)33(43)39-17-21(2)11-23(39)19-41/h6,13-16,23-24,37,41-42H,1-3,7-12,17-20H2,4-5H3,(H,38,47)(H,45,46). The van der Waals surface area contributed by atoms with Crippen LogP contribution in [0.1, 0.15) is 40.0 Å². The van der Waals surface area contributed by atoms with Gasteiger partial charge in [-0.05, 0) is 25.0 Å². The smallest absolute Gasteiger partial charge is 0.411 e. The molecule has 0 radical (unpaired) electrons. The number of hydrogen-bond acceptors (Lipinski definition) is 11. The van der Waals surface area contributed by atoms with Gasteiger partial charge in [-0.3, -0.25) is 20.2 Å². The number of aliphatic hydroxyl groups excluding tert-OH is 2. The van der Waals surface area contributed by atoms with Crippen molar-refractivity contribution in [2.24, 2.45) is 0 Å². The predicted molar refractivity (Wildman–Crippen MR) is 190 cm³/mol. The number of benzene rings is 2. The lowest BCUT2D eigenvalue weighted by atomic mass is 10.1. The number of aliphatic hydroxyl groups is 2. The molecule has 2 atom stereocenters. The Morgan fingerprint density at radius 2 is 1.25 bits per heavy atom. The highest BCUT2D eigenvalue weighted by Crippen LogP contribution is 2.38. The monoisotopic (exact) mass is 724 g/mol. The number of nitrogens with one attached hydrogen (secondary N) is 2. The van der Waals surface area contributed by atoms with Crippen molar-refractivity contribution in [3.05, 3.63) is 72.4 Å². The second-order valence-electron chi connectivity index (χ2n) is 12.0. The van der Waals surface area contributed by atoms with Gasteiger partial charge in [0.1, 0.15) is 6.61 Å². The van der Waals surface area contributed by atoms with E-state index in [0.29, 0.717) is 19.3 Å². The van der Waals surface area contributed by atoms with Gasteiger partial charge in [0, 0.05) is 31.6 Å². The fourth-order valence-corrected chi connectivity index (χ4v) is 5.91. The van der Waals surface area contributed by atoms with Crippen LogP contribution in [0, 0.1) is 0 Å². The Morgan fingerprint density at radius 3 is 1.65 bits per heavy atom. The highest BCUT2D eigenvalue weighted by atomic mass is 16.5. The molecule has 0 aromatic heterocycles. The molecule has 2 fully saturated rings. The van der Waals surface area contributed by atoms with Gasteiger partial charge in [-0.1, -0.05) is 37.0 Å². The third-order valence-corrected chi connectivity index (χ3v) is 8.34. The third kappa shape index (κ3) is 9.32. The summed E-state index contributed by atoms with van der Waals surface area (Å²) in [5.41, 5.74) is 1.69. The molecule has 2 unspecified atom stereocenters. The second-order valence-corrected chi connectivity index (χ2v) is 12.0. The zero-order chi connectivity index (χ0) is 37.9. The second kappa shape index (κ2) is 18.0. The van der Waals surface area contributed by atoms with Crippen molar-refractivity contribution in [2.75, 3.05) is 71.0 Å². The summed E-state index contributed by atoms with van der Waals surface area (Å²) >= 11 is 0. The normalized spacial score (nSPS) is 16.7. The number of likely N-dealkylation sites (tertiary alicyclic amines) is 2. The van der Waals surface area contributed by atoms with Gasteiger partial charge in [-0.15, -0.1) is 0 Å². The van der Waals surface area contributed by atoms with Crippen molar-refractivity contribution in [1.82, 2.24) is 9.80 Å². The van der Waals surface area contributed by atoms with Crippen molar-refractivity contribution < 1.29 is 58.2 Å². The summed E-state index contributed by atoms with van der Waals surface area (Å²) < 4.78 is 27.9. The van der Waals surface area contributed by atoms with E-state index in [0.717, 1.165) is 11.1 Å². The Hall–Kier alpha value is -5.74. The average molecular weight is 725 g/mol. The molecule has 2 saturated heterocycles. The fourth-order valence-electron chi connectivity index (χ4n) is 5.91. The van der Waals surface area contributed by atoms with Crippen LogP contribution >= 0.6 is 0 Å². The number of carboxylic acid groups (broad SMARTS) is 1. The first-order valence-electron chi connectivity index (χ1n) is 16.4. The quantitative estimate of drug-likeness (QED) is 0.124. The summed E-state index contributed by atoms with van der Waals surface area (Å²) in [5, 5.41) is 33.9. The first-order valence-corrected chi connectivity index (χ1v) is 16.4. The topological polar surface area (TPSA) is 206 Å². The highest BCUT2D eigenvalue weighted by molar-refractivity contribution is 6.05. The van der Waals surface area contributed by atoms with Crippen molar-refractivity contribution >= 4 is 35.4 Å². The van der Waals surface area contributed by atoms with Crippen LogP contribution in [0.15, 0.2) is 61.2 Å². The number of nitrogens with zero attached hydrogens (tertiary/aromatic N) is 2. The SMILES string of the molecule is C=CCOC(=O)Nc1cc(OCCCOc2cc(NC(=O)O)c(C(=O)N3CC(=C)CC3CO)cc2OC)c(OC)cc1C(=O)N1CC(=C)CC1CO. The van der Waals surface area contributed by atoms with E-state index in [1.807, 2.05) is 0 Å². The van der Waals surface area contributed by atoms with Gasteiger partial charge in [-0.25, -0.2) is 9.59 Å². The molecule has 4 amide bonds. The Labute approximate surface area is 300 Å². The number of hydrogen-bond donors (Lipinski definition) is 5. The molecule has 280 valence electrons. The molecule has 0 saturated carbocycles. The molecule has 16 nitrogen and oxygen atoms in total. The van der Waals surface area contributed by atoms with Crippen LogP contribution in [0.3, 0.4) is 0 Å². The number of ether oxygens (including phenoxy) is 5. The lowest BCUT2D eigenvalue weighted by Crippen LogP contribution is -2.38. The predicted octanol–water partition coefficient (Wildman–Crippen LogP) is 3.90. The van der Waals surface area contributed by atoms with Gasteiger partial charge in [-0.2, -0.15) is 0 Å². The van der Waals surface area contributed by atoms with E-state index in [9.17, 15) is 34.5 Å². The maximum absolute atomic E-state index is 13.7. The molecular formula is C36H44N4O12. The molecule has 2 aliphatic rings. The first kappa shape index (κ1) is 39.1. The molecule has 0 spiro atoms. The zero-order valence-corrected chi connectivity index (χ0v) is 29.1. The molecule has 2 aromatic carbocycles. The molecule has 4 rings (SSSR count). The zero-order valence-electron chi connectivity index (χ0n) is 29.1. The van der Waals surface area contributed by atoms with Gasteiger partial charge in [0.25, 0.3) is 11.8 Å². The summed E-state index contributed by atoms with van der Waals surface area (Å²) in [5.74, 6) is -0.255. The van der Waals surface area contributed by atoms with E-state index in [1.54, 1.807) is 0 Å². The molecule has 5 N–H and O–H groups in total. The Balaban J connectivity index is 1.50. The number of rotatable bonds is 16. The minimum atomic E-state index is -1.40. The number of carbonyl (C=O) groups is 4. The minimum absolute atomic E-state index is 0.0106. The molecule has 0 aliphatic carbocycles. The summed E-state index contributed by atoms with van der Waals surface area (Å²) in [6.45, 7) is 11.4. The van der Waals surface area contributed by atoms with E-state index in [2.05, 4.69) is 30.4 Å². The number of methoxy groups -OCH3 is 2. The molecule has 2 aromatic rings. The number of carbonyl (C=O) groups excluding carboxylic acids is 3. The number of amides is 4. The van der Waals surface area contributed by atoms with Gasteiger partial charge in [0.2, 0.25) is 0 Å². The molecule has 16 heteroatoms. The highest BCUT2D eigenvalue weighted by Gasteiger charge is 2.34. The van der Waals surface area contributed by atoms with Crippen LogP contribution in [0.5, 0.6) is 23.0 Å². The average Bonchev–Trinajstić information content (AvgIpc) is 3.71. The summed E-state index contributed by atoms with van der Waals surface area (Å²) in [4.78, 5) is 54.2. The Bertz CT molecular complexity index is 1710. The van der Waals surface area contributed by atoms with Crippen molar-refractivity contribution in [3.8, 4) is 23.0 Å². The van der Waals surface area contributed by atoms with Crippen molar-refractivity contribution in [3.63, 3.8) is 0 Å². The van der Waals surface area contributed by atoms with E-state index >= 15 is 0 Å². The summed E-state index contributed by atoms with van der Waals surface area (Å²) in [7, 11) is 2.77. The van der Waals surface area contributed by atoms with Gasteiger partial charge in [0.05, 0.1) is 75.2 Å². The number of anilines is 2. The van der Waals surface area contributed by atoms with Crippen molar-refractivity contribution in [2.45, 2.75) is 31.3 Å². The van der Waals surface area contributed by atoms with E-state index < -0.39 is 36.1 Å². The maximum Gasteiger partial charge on any atom is 0.411 e. The molecule has 2 aliphatic heterocycles. The lowest BCUT2D eigenvalue weighted by Gasteiger charge is -2.25. The Kier molecular flexibility index (Phi) is 13.5. The van der Waals surface area contributed by atoms with Crippen LogP contribution in [-0.2, 0) is 4.74 Å². The van der Waals surface area contributed by atoms with E-state index in [1.165, 1.54) is 54.4 Å². The molecule has 0 bridgehead atoms. The third-order valence-electron chi connectivity index (χ3n) is 8.34.